The fraction of sp³-hybridized carbons (Fsp3) is 0.769. The number of nitrogens with zero attached hydrogens (tertiary/aromatic N) is 3. The normalized spacial score (nSPS) is 11.4. The molecule has 18 heavy (non-hydrogen) atoms. The molecule has 0 saturated heterocycles. The Balaban J connectivity index is 2.35. The average molecular weight is 254 g/mol. The molecule has 0 aliphatic heterocycles. The van der Waals surface area contributed by atoms with Crippen LogP contribution in [0.15, 0.2) is 12.4 Å². The first-order valence-corrected chi connectivity index (χ1v) is 6.56. The maximum Gasteiger partial charge on any atom is 0.202 e. The average Bonchev–Trinajstić information content (AvgIpc) is 2.78. The van der Waals surface area contributed by atoms with E-state index in [0.29, 0.717) is 5.92 Å². The van der Waals surface area contributed by atoms with Crippen molar-refractivity contribution in [1.29, 1.82) is 0 Å². The summed E-state index contributed by atoms with van der Waals surface area (Å²) in [4.78, 5) is 6.60. The van der Waals surface area contributed by atoms with Gasteiger partial charge in [-0.15, -0.1) is 0 Å². The zero-order chi connectivity index (χ0) is 13.4. The molecule has 0 aliphatic rings. The van der Waals surface area contributed by atoms with Crippen molar-refractivity contribution in [3.63, 3.8) is 0 Å². The highest BCUT2D eigenvalue weighted by atomic mass is 16.5. The molecule has 0 saturated carbocycles. The molecule has 0 fully saturated rings. The Morgan fingerprint density at radius 1 is 1.44 bits per heavy atom. The molecule has 1 rings (SSSR count). The van der Waals surface area contributed by atoms with Gasteiger partial charge in [-0.05, 0) is 13.0 Å². The minimum absolute atomic E-state index is 0.625. The van der Waals surface area contributed by atoms with Crippen LogP contribution in [0.2, 0.25) is 0 Å². The van der Waals surface area contributed by atoms with Gasteiger partial charge in [-0.25, -0.2) is 4.98 Å². The van der Waals surface area contributed by atoms with E-state index in [4.69, 9.17) is 4.74 Å². The predicted molar refractivity (Wildman–Crippen MR) is 74.9 cm³/mol. The number of rotatable bonds is 9. The summed E-state index contributed by atoms with van der Waals surface area (Å²) in [6, 6.07) is 0. The second-order valence-corrected chi connectivity index (χ2v) is 5.02. The second kappa shape index (κ2) is 8.11. The van der Waals surface area contributed by atoms with E-state index in [9.17, 15) is 0 Å². The van der Waals surface area contributed by atoms with E-state index in [-0.39, 0.29) is 0 Å². The van der Waals surface area contributed by atoms with Crippen molar-refractivity contribution in [2.75, 3.05) is 45.7 Å². The molecule has 5 nitrogen and oxygen atoms in total. The van der Waals surface area contributed by atoms with Crippen LogP contribution in [0.5, 0.6) is 0 Å². The van der Waals surface area contributed by atoms with Crippen LogP contribution in [-0.2, 0) is 11.3 Å². The van der Waals surface area contributed by atoms with Crippen LogP contribution in [0.25, 0.3) is 0 Å². The summed E-state index contributed by atoms with van der Waals surface area (Å²) < 4.78 is 7.22. The fourth-order valence-electron chi connectivity index (χ4n) is 1.59. The number of aromatic nitrogens is 2. The van der Waals surface area contributed by atoms with Crippen molar-refractivity contribution >= 4 is 5.95 Å². The standard InChI is InChI=1S/C13H26N4O/c1-12(2)11-15-13-14-5-6-17(13)8-7-16(3)9-10-18-4/h5-6,12H,7-11H2,1-4H3,(H,14,15). The summed E-state index contributed by atoms with van der Waals surface area (Å²) >= 11 is 0. The Kier molecular flexibility index (Phi) is 6.75. The molecular weight excluding hydrogens is 228 g/mol. The molecule has 0 radical (unpaired) electrons. The van der Waals surface area contributed by atoms with E-state index in [1.54, 1.807) is 7.11 Å². The molecule has 1 aromatic heterocycles. The molecule has 0 aromatic carbocycles. The van der Waals surface area contributed by atoms with Crippen molar-refractivity contribution < 1.29 is 4.74 Å². The van der Waals surface area contributed by atoms with Gasteiger partial charge in [0.1, 0.15) is 0 Å². The minimum atomic E-state index is 0.625. The van der Waals surface area contributed by atoms with Crippen LogP contribution in [0.4, 0.5) is 5.95 Å². The van der Waals surface area contributed by atoms with Gasteiger partial charge in [0.25, 0.3) is 0 Å². The first kappa shape index (κ1) is 15.0. The van der Waals surface area contributed by atoms with Gasteiger partial charge < -0.3 is 19.5 Å². The summed E-state index contributed by atoms with van der Waals surface area (Å²) in [6.07, 6.45) is 3.87. The van der Waals surface area contributed by atoms with E-state index in [2.05, 4.69) is 40.7 Å². The molecule has 0 aliphatic carbocycles. The lowest BCUT2D eigenvalue weighted by molar-refractivity contribution is 0.159. The molecule has 0 bridgehead atoms. The summed E-state index contributed by atoms with van der Waals surface area (Å²) in [5.41, 5.74) is 0. The summed E-state index contributed by atoms with van der Waals surface area (Å²) in [7, 11) is 3.84. The van der Waals surface area contributed by atoms with Crippen LogP contribution in [0.1, 0.15) is 13.8 Å². The SMILES string of the molecule is COCCN(C)CCn1ccnc1NCC(C)C. The molecule has 104 valence electrons. The van der Waals surface area contributed by atoms with Gasteiger partial charge in [0.15, 0.2) is 0 Å². The molecule has 1 N–H and O–H groups in total. The fourth-order valence-corrected chi connectivity index (χ4v) is 1.59. The Morgan fingerprint density at radius 3 is 2.89 bits per heavy atom. The predicted octanol–water partition coefficient (Wildman–Crippen LogP) is 1.53. The van der Waals surface area contributed by atoms with E-state index >= 15 is 0 Å². The lowest BCUT2D eigenvalue weighted by Gasteiger charge is -2.17. The van der Waals surface area contributed by atoms with Gasteiger partial charge in [-0.1, -0.05) is 13.8 Å². The second-order valence-electron chi connectivity index (χ2n) is 5.02. The quantitative estimate of drug-likeness (QED) is 0.726. The molecule has 1 aromatic rings. The molecule has 0 atom stereocenters. The van der Waals surface area contributed by atoms with Crippen molar-refractivity contribution in [3.8, 4) is 0 Å². The van der Waals surface area contributed by atoms with Crippen LogP contribution in [-0.4, -0.2) is 54.8 Å². The minimum Gasteiger partial charge on any atom is -0.383 e. The first-order chi connectivity index (χ1) is 8.63. The molecule has 5 heteroatoms. The highest BCUT2D eigenvalue weighted by Gasteiger charge is 2.04. The third-order valence-electron chi connectivity index (χ3n) is 2.78. The van der Waals surface area contributed by atoms with Gasteiger partial charge in [0.2, 0.25) is 5.95 Å². The first-order valence-electron chi connectivity index (χ1n) is 6.56. The third kappa shape index (κ3) is 5.51. The van der Waals surface area contributed by atoms with Gasteiger partial charge in [0, 0.05) is 45.7 Å². The lowest BCUT2D eigenvalue weighted by atomic mass is 10.2. The summed E-state index contributed by atoms with van der Waals surface area (Å²) in [5, 5.41) is 3.37. The zero-order valence-corrected chi connectivity index (χ0v) is 12.0. The lowest BCUT2D eigenvalue weighted by Crippen LogP contribution is -2.27. The number of methoxy groups -OCH3 is 1. The number of anilines is 1. The van der Waals surface area contributed by atoms with Gasteiger partial charge in [-0.2, -0.15) is 0 Å². The Hall–Kier alpha value is -1.07. The van der Waals surface area contributed by atoms with Gasteiger partial charge in [0.05, 0.1) is 6.61 Å². The summed E-state index contributed by atoms with van der Waals surface area (Å²) in [6.45, 7) is 9.02. The van der Waals surface area contributed by atoms with Crippen molar-refractivity contribution in [1.82, 2.24) is 14.5 Å². The highest BCUT2D eigenvalue weighted by molar-refractivity contribution is 5.25. The summed E-state index contributed by atoms with van der Waals surface area (Å²) in [5.74, 6) is 1.59. The van der Waals surface area contributed by atoms with E-state index in [1.807, 2.05) is 12.4 Å². The van der Waals surface area contributed by atoms with Gasteiger partial charge in [-0.3, -0.25) is 0 Å². The Bertz CT molecular complexity index is 325. The zero-order valence-electron chi connectivity index (χ0n) is 12.0. The molecular formula is C13H26N4O. The maximum absolute atomic E-state index is 5.07. The van der Waals surface area contributed by atoms with E-state index in [1.165, 1.54) is 0 Å². The number of likely N-dealkylation sites (N-methyl/N-ethyl adjacent to an activating group) is 1. The van der Waals surface area contributed by atoms with Crippen molar-refractivity contribution in [2.24, 2.45) is 5.92 Å². The van der Waals surface area contributed by atoms with Crippen molar-refractivity contribution in [3.05, 3.63) is 12.4 Å². The van der Waals surface area contributed by atoms with Crippen LogP contribution >= 0.6 is 0 Å². The third-order valence-corrected chi connectivity index (χ3v) is 2.78. The molecule has 0 unspecified atom stereocenters. The van der Waals surface area contributed by atoms with Crippen LogP contribution in [0, 0.1) is 5.92 Å². The molecule has 1 heterocycles. The molecule has 0 spiro atoms. The highest BCUT2D eigenvalue weighted by Crippen LogP contribution is 2.05. The van der Waals surface area contributed by atoms with Crippen LogP contribution in [0.3, 0.4) is 0 Å². The smallest absolute Gasteiger partial charge is 0.202 e. The maximum atomic E-state index is 5.07. The van der Waals surface area contributed by atoms with Crippen LogP contribution < -0.4 is 5.32 Å². The van der Waals surface area contributed by atoms with E-state index < -0.39 is 0 Å². The monoisotopic (exact) mass is 254 g/mol. The number of hydrogen-bond donors (Lipinski definition) is 1. The Morgan fingerprint density at radius 2 is 2.22 bits per heavy atom. The topological polar surface area (TPSA) is 42.3 Å². The Labute approximate surface area is 110 Å². The number of nitrogens with one attached hydrogen (secondary N) is 1. The van der Waals surface area contributed by atoms with Crippen molar-refractivity contribution in [2.45, 2.75) is 20.4 Å². The largest absolute Gasteiger partial charge is 0.383 e. The number of ether oxygens (including phenoxy) is 1. The van der Waals surface area contributed by atoms with Gasteiger partial charge >= 0.3 is 0 Å². The van der Waals surface area contributed by atoms with E-state index in [0.717, 1.165) is 38.7 Å². The number of hydrogen-bond acceptors (Lipinski definition) is 4. The number of imidazole rings is 1. The molecule has 0 amide bonds.